The molecule has 1 heterocycles. The minimum atomic E-state index is 0. The van der Waals surface area contributed by atoms with Crippen LogP contribution in [0.3, 0.4) is 0 Å². The van der Waals surface area contributed by atoms with Crippen molar-refractivity contribution in [3.8, 4) is 5.75 Å². The summed E-state index contributed by atoms with van der Waals surface area (Å²) in [6.07, 6.45) is 2.64. The molecule has 0 bridgehead atoms. The van der Waals surface area contributed by atoms with E-state index in [2.05, 4.69) is 70.4 Å². The Morgan fingerprint density at radius 1 is 1.16 bits per heavy atom. The van der Waals surface area contributed by atoms with Crippen LogP contribution < -0.4 is 15.4 Å². The number of halogens is 1. The van der Waals surface area contributed by atoms with Crippen LogP contribution in [0.5, 0.6) is 5.75 Å². The van der Waals surface area contributed by atoms with Gasteiger partial charge in [-0.2, -0.15) is 0 Å². The highest BCUT2D eigenvalue weighted by atomic mass is 127. The molecule has 32 heavy (non-hydrogen) atoms. The van der Waals surface area contributed by atoms with Gasteiger partial charge in [-0.15, -0.1) is 34.2 Å². The van der Waals surface area contributed by atoms with Gasteiger partial charge in [-0.3, -0.25) is 0 Å². The van der Waals surface area contributed by atoms with Crippen LogP contribution in [0.25, 0.3) is 0 Å². The molecule has 2 aromatic carbocycles. The molecule has 3 rings (SSSR count). The molecule has 3 aromatic rings. The third kappa shape index (κ3) is 7.22. The first-order chi connectivity index (χ1) is 15.1. The highest BCUT2D eigenvalue weighted by Gasteiger charge is 2.10. The molecule has 0 saturated carbocycles. The minimum absolute atomic E-state index is 0. The van der Waals surface area contributed by atoms with E-state index in [1.165, 1.54) is 11.1 Å². The summed E-state index contributed by atoms with van der Waals surface area (Å²) in [5.41, 5.74) is 3.64. The molecule has 0 fully saturated rings. The fourth-order valence-corrected chi connectivity index (χ4v) is 3.44. The van der Waals surface area contributed by atoms with Gasteiger partial charge in [0, 0.05) is 19.5 Å². The molecule has 172 valence electrons. The fraction of sp³-hybridized carbons (Fsp3) is 0.375. The van der Waals surface area contributed by atoms with Crippen molar-refractivity contribution in [2.45, 2.75) is 46.3 Å². The van der Waals surface area contributed by atoms with Gasteiger partial charge in [0.15, 0.2) is 5.96 Å². The van der Waals surface area contributed by atoms with Gasteiger partial charge in [0.2, 0.25) is 0 Å². The van der Waals surface area contributed by atoms with Crippen molar-refractivity contribution in [2.75, 3.05) is 13.7 Å². The van der Waals surface area contributed by atoms with Crippen LogP contribution >= 0.6 is 24.0 Å². The monoisotopic (exact) mass is 548 g/mol. The predicted molar refractivity (Wildman–Crippen MR) is 140 cm³/mol. The highest BCUT2D eigenvalue weighted by Crippen LogP contribution is 2.17. The lowest BCUT2D eigenvalue weighted by Crippen LogP contribution is -2.40. The van der Waals surface area contributed by atoms with Crippen LogP contribution in [0.1, 0.15) is 42.4 Å². The van der Waals surface area contributed by atoms with Gasteiger partial charge in [-0.25, -0.2) is 4.99 Å². The normalized spacial score (nSPS) is 12.1. The lowest BCUT2D eigenvalue weighted by atomic mass is 10.0. The van der Waals surface area contributed by atoms with Gasteiger partial charge in [0.25, 0.3) is 0 Å². The summed E-state index contributed by atoms with van der Waals surface area (Å²) in [7, 11) is 1.67. The Kier molecular flexibility index (Phi) is 10.5. The second-order valence-corrected chi connectivity index (χ2v) is 7.46. The van der Waals surface area contributed by atoms with Gasteiger partial charge in [-0.05, 0) is 42.7 Å². The van der Waals surface area contributed by atoms with Crippen molar-refractivity contribution >= 4 is 29.9 Å². The first kappa shape index (κ1) is 25.6. The second-order valence-electron chi connectivity index (χ2n) is 7.46. The number of rotatable bonds is 9. The topological polar surface area (TPSA) is 76.4 Å². The third-order valence-electron chi connectivity index (χ3n) is 5.24. The van der Waals surface area contributed by atoms with E-state index in [4.69, 9.17) is 9.73 Å². The summed E-state index contributed by atoms with van der Waals surface area (Å²) in [4.78, 5) is 4.82. The molecule has 1 atom stereocenters. The van der Waals surface area contributed by atoms with E-state index in [0.717, 1.165) is 42.6 Å². The van der Waals surface area contributed by atoms with E-state index < -0.39 is 0 Å². The van der Waals surface area contributed by atoms with Gasteiger partial charge >= 0.3 is 0 Å². The standard InChI is InChI=1S/C24H32N6O.HI/c1-5-23-29-27-17-30(23)15-14-25-24(26-16-20-10-12-21(31-4)13-11-20)28-19(3)22-9-7-6-8-18(22)2;/h6-13,17,19H,5,14-16H2,1-4H3,(H2,25,26,28);1H. The number of nitrogens with zero attached hydrogens (tertiary/aromatic N) is 4. The van der Waals surface area contributed by atoms with E-state index in [-0.39, 0.29) is 30.0 Å². The Morgan fingerprint density at radius 3 is 2.59 bits per heavy atom. The first-order valence-corrected chi connectivity index (χ1v) is 10.7. The predicted octanol–water partition coefficient (Wildman–Crippen LogP) is 4.27. The summed E-state index contributed by atoms with van der Waals surface area (Å²) >= 11 is 0. The lowest BCUT2D eigenvalue weighted by molar-refractivity contribution is 0.414. The molecular formula is C24H33IN6O. The highest BCUT2D eigenvalue weighted by molar-refractivity contribution is 14.0. The minimum Gasteiger partial charge on any atom is -0.497 e. The molecule has 2 N–H and O–H groups in total. The molecule has 1 unspecified atom stereocenters. The second kappa shape index (κ2) is 13.0. The van der Waals surface area contributed by atoms with Gasteiger partial charge in [-0.1, -0.05) is 43.3 Å². The number of aromatic nitrogens is 3. The van der Waals surface area contributed by atoms with E-state index in [9.17, 15) is 0 Å². The molecule has 0 saturated heterocycles. The van der Waals surface area contributed by atoms with E-state index >= 15 is 0 Å². The van der Waals surface area contributed by atoms with Crippen molar-refractivity contribution in [2.24, 2.45) is 4.99 Å². The number of benzene rings is 2. The van der Waals surface area contributed by atoms with Crippen molar-refractivity contribution in [1.82, 2.24) is 25.4 Å². The summed E-state index contributed by atoms with van der Waals surface area (Å²) in [5, 5.41) is 15.2. The lowest BCUT2D eigenvalue weighted by Gasteiger charge is -2.20. The molecule has 0 aliphatic carbocycles. The van der Waals surface area contributed by atoms with Gasteiger partial charge in [0.05, 0.1) is 19.7 Å². The van der Waals surface area contributed by atoms with Gasteiger partial charge < -0.3 is 19.9 Å². The zero-order chi connectivity index (χ0) is 22.1. The zero-order valence-corrected chi connectivity index (χ0v) is 21.5. The molecule has 7 nitrogen and oxygen atoms in total. The SMILES string of the molecule is CCc1nncn1CCNC(=NCc1ccc(OC)cc1)NC(C)c1ccccc1C.I. The maximum Gasteiger partial charge on any atom is 0.192 e. The molecule has 8 heteroatoms. The van der Waals surface area contributed by atoms with Crippen LogP contribution in [-0.4, -0.2) is 34.4 Å². The summed E-state index contributed by atoms with van der Waals surface area (Å²) in [6, 6.07) is 16.5. The van der Waals surface area contributed by atoms with Crippen LogP contribution in [0.4, 0.5) is 0 Å². The Morgan fingerprint density at radius 2 is 1.91 bits per heavy atom. The number of guanidine groups is 1. The first-order valence-electron chi connectivity index (χ1n) is 10.7. The zero-order valence-electron chi connectivity index (χ0n) is 19.2. The summed E-state index contributed by atoms with van der Waals surface area (Å²) in [6.45, 7) is 8.45. The molecule has 0 amide bonds. The average Bonchev–Trinajstić information content (AvgIpc) is 3.25. The number of hydrogen-bond acceptors (Lipinski definition) is 4. The van der Waals surface area contributed by atoms with Crippen molar-refractivity contribution in [1.29, 1.82) is 0 Å². The molecular weight excluding hydrogens is 515 g/mol. The van der Waals surface area contributed by atoms with Crippen LogP contribution in [0.15, 0.2) is 59.9 Å². The van der Waals surface area contributed by atoms with Crippen molar-refractivity contribution in [3.63, 3.8) is 0 Å². The molecule has 0 radical (unpaired) electrons. The van der Waals surface area contributed by atoms with E-state index in [0.29, 0.717) is 6.54 Å². The summed E-state index contributed by atoms with van der Waals surface area (Å²) < 4.78 is 7.31. The molecule has 0 spiro atoms. The molecule has 1 aromatic heterocycles. The van der Waals surface area contributed by atoms with E-state index in [1.54, 1.807) is 13.4 Å². The van der Waals surface area contributed by atoms with Crippen LogP contribution in [0.2, 0.25) is 0 Å². The quantitative estimate of drug-likeness (QED) is 0.237. The van der Waals surface area contributed by atoms with Crippen molar-refractivity contribution < 1.29 is 4.74 Å². The number of aryl methyl sites for hydroxylation is 2. The third-order valence-corrected chi connectivity index (χ3v) is 5.24. The Balaban J connectivity index is 0.00000363. The van der Waals surface area contributed by atoms with Crippen LogP contribution in [-0.2, 0) is 19.5 Å². The van der Waals surface area contributed by atoms with Gasteiger partial charge in [0.1, 0.15) is 17.9 Å². The van der Waals surface area contributed by atoms with Crippen LogP contribution in [0, 0.1) is 6.92 Å². The maximum absolute atomic E-state index is 5.24. The average molecular weight is 548 g/mol. The molecule has 0 aliphatic heterocycles. The van der Waals surface area contributed by atoms with Crippen molar-refractivity contribution in [3.05, 3.63) is 77.4 Å². The number of ether oxygens (including phenoxy) is 1. The number of nitrogens with one attached hydrogen (secondary N) is 2. The van der Waals surface area contributed by atoms with E-state index in [1.807, 2.05) is 24.3 Å². The molecule has 0 aliphatic rings. The number of methoxy groups -OCH3 is 1. The fourth-order valence-electron chi connectivity index (χ4n) is 3.44. The Bertz CT molecular complexity index is 986. The largest absolute Gasteiger partial charge is 0.497 e. The maximum atomic E-state index is 5.24. The Hall–Kier alpha value is -2.62. The Labute approximate surface area is 207 Å². The smallest absolute Gasteiger partial charge is 0.192 e. The number of hydrogen-bond donors (Lipinski definition) is 2. The number of aliphatic imine (C=N–C) groups is 1. The summed E-state index contributed by atoms with van der Waals surface area (Å²) in [5.74, 6) is 2.61.